The molecule has 0 saturated carbocycles. The van der Waals surface area contributed by atoms with Crippen molar-refractivity contribution in [3.05, 3.63) is 28.5 Å². The summed E-state index contributed by atoms with van der Waals surface area (Å²) in [4.78, 5) is 10.4. The standard InChI is InChI=1S/C9H9ClFNO3/c10-5-1-4(2-7(12)9(14)15)6(11)3-8(5)13/h1,3,7,13H,2,12H2,(H,14,15). The van der Waals surface area contributed by atoms with Crippen molar-refractivity contribution in [2.24, 2.45) is 5.73 Å². The van der Waals surface area contributed by atoms with Crippen molar-refractivity contribution >= 4 is 17.6 Å². The highest BCUT2D eigenvalue weighted by molar-refractivity contribution is 6.32. The fourth-order valence-electron chi connectivity index (χ4n) is 1.06. The van der Waals surface area contributed by atoms with Gasteiger partial charge >= 0.3 is 5.97 Å². The maximum absolute atomic E-state index is 13.2. The second-order valence-electron chi connectivity index (χ2n) is 3.04. The molecule has 0 aliphatic rings. The van der Waals surface area contributed by atoms with E-state index in [0.717, 1.165) is 12.1 Å². The fraction of sp³-hybridized carbons (Fsp3) is 0.222. The van der Waals surface area contributed by atoms with Crippen LogP contribution in [0.25, 0.3) is 0 Å². The van der Waals surface area contributed by atoms with Crippen LogP contribution in [-0.4, -0.2) is 22.2 Å². The minimum Gasteiger partial charge on any atom is -0.506 e. The van der Waals surface area contributed by atoms with E-state index in [-0.39, 0.29) is 22.8 Å². The summed E-state index contributed by atoms with van der Waals surface area (Å²) in [6.07, 6.45) is -0.179. The van der Waals surface area contributed by atoms with E-state index in [1.165, 1.54) is 0 Å². The molecule has 6 heteroatoms. The first-order chi connectivity index (χ1) is 6.91. The van der Waals surface area contributed by atoms with Gasteiger partial charge in [-0.3, -0.25) is 4.79 Å². The number of halogens is 2. The van der Waals surface area contributed by atoms with Crippen LogP contribution in [0, 0.1) is 5.82 Å². The Bertz CT molecular complexity index is 397. The number of hydrogen-bond donors (Lipinski definition) is 3. The predicted octanol–water partition coefficient (Wildman–Crippen LogP) is 1.14. The second kappa shape index (κ2) is 4.46. The van der Waals surface area contributed by atoms with Crippen LogP contribution in [-0.2, 0) is 11.2 Å². The molecule has 0 amide bonds. The Morgan fingerprint density at radius 3 is 2.73 bits per heavy atom. The molecular formula is C9H9ClFNO3. The molecule has 0 heterocycles. The van der Waals surface area contributed by atoms with Crippen molar-refractivity contribution in [2.45, 2.75) is 12.5 Å². The number of carboxylic acids is 1. The maximum Gasteiger partial charge on any atom is 0.320 e. The maximum atomic E-state index is 13.2. The third kappa shape index (κ3) is 2.81. The van der Waals surface area contributed by atoms with Crippen LogP contribution >= 0.6 is 11.6 Å². The fourth-order valence-corrected chi connectivity index (χ4v) is 1.24. The minimum absolute atomic E-state index is 0.0380. The summed E-state index contributed by atoms with van der Waals surface area (Å²) in [6, 6.07) is 0.793. The predicted molar refractivity (Wildman–Crippen MR) is 52.4 cm³/mol. The first-order valence-electron chi connectivity index (χ1n) is 4.07. The van der Waals surface area contributed by atoms with Crippen molar-refractivity contribution < 1.29 is 19.4 Å². The Kier molecular flexibility index (Phi) is 3.49. The quantitative estimate of drug-likeness (QED) is 0.731. The van der Waals surface area contributed by atoms with E-state index in [1.54, 1.807) is 0 Å². The number of aromatic hydroxyl groups is 1. The van der Waals surface area contributed by atoms with Gasteiger partial charge in [-0.15, -0.1) is 0 Å². The van der Waals surface area contributed by atoms with E-state index >= 15 is 0 Å². The molecule has 0 saturated heterocycles. The summed E-state index contributed by atoms with van der Waals surface area (Å²) in [5, 5.41) is 17.5. The summed E-state index contributed by atoms with van der Waals surface area (Å²) in [5.41, 5.74) is 5.30. The lowest BCUT2D eigenvalue weighted by Gasteiger charge is -2.08. The SMILES string of the molecule is NC(Cc1cc(Cl)c(O)cc1F)C(=O)O. The van der Waals surface area contributed by atoms with Gasteiger partial charge in [0.2, 0.25) is 0 Å². The molecule has 0 aliphatic heterocycles. The summed E-state index contributed by atoms with van der Waals surface area (Å²) in [7, 11) is 0. The zero-order valence-corrected chi connectivity index (χ0v) is 8.33. The van der Waals surface area contributed by atoms with Gasteiger partial charge in [0.25, 0.3) is 0 Å². The van der Waals surface area contributed by atoms with Gasteiger partial charge in [-0.2, -0.15) is 0 Å². The molecule has 0 aliphatic carbocycles. The Morgan fingerprint density at radius 1 is 1.60 bits per heavy atom. The monoisotopic (exact) mass is 233 g/mol. The molecule has 1 aromatic carbocycles. The first-order valence-corrected chi connectivity index (χ1v) is 4.45. The number of hydrogen-bond acceptors (Lipinski definition) is 3. The van der Waals surface area contributed by atoms with E-state index in [4.69, 9.17) is 27.5 Å². The number of nitrogens with two attached hydrogens (primary N) is 1. The van der Waals surface area contributed by atoms with Gasteiger partial charge in [-0.1, -0.05) is 11.6 Å². The first kappa shape index (κ1) is 11.7. The van der Waals surface area contributed by atoms with E-state index in [2.05, 4.69) is 0 Å². The Balaban J connectivity index is 2.95. The number of rotatable bonds is 3. The molecule has 0 spiro atoms. The van der Waals surface area contributed by atoms with Gasteiger partial charge in [0, 0.05) is 12.5 Å². The molecule has 1 rings (SSSR count). The molecule has 4 nitrogen and oxygen atoms in total. The molecule has 0 aromatic heterocycles. The molecular weight excluding hydrogens is 225 g/mol. The van der Waals surface area contributed by atoms with E-state index in [0.29, 0.717) is 0 Å². The normalized spacial score (nSPS) is 12.5. The number of carboxylic acid groups (broad SMARTS) is 1. The number of phenolic OH excluding ortho intramolecular Hbond substituents is 1. The number of carbonyl (C=O) groups is 1. The Labute approximate surface area is 90.1 Å². The number of benzene rings is 1. The highest BCUT2D eigenvalue weighted by Crippen LogP contribution is 2.26. The van der Waals surface area contributed by atoms with Crippen molar-refractivity contribution in [2.75, 3.05) is 0 Å². The van der Waals surface area contributed by atoms with Gasteiger partial charge in [0.05, 0.1) is 5.02 Å². The molecule has 4 N–H and O–H groups in total. The van der Waals surface area contributed by atoms with Gasteiger partial charge in [0.15, 0.2) is 0 Å². The molecule has 1 unspecified atom stereocenters. The lowest BCUT2D eigenvalue weighted by atomic mass is 10.1. The molecule has 0 bridgehead atoms. The molecule has 0 fully saturated rings. The Morgan fingerprint density at radius 2 is 2.20 bits per heavy atom. The average molecular weight is 234 g/mol. The summed E-state index contributed by atoms with van der Waals surface area (Å²) in [6.45, 7) is 0. The summed E-state index contributed by atoms with van der Waals surface area (Å²) < 4.78 is 13.2. The second-order valence-corrected chi connectivity index (χ2v) is 3.45. The van der Waals surface area contributed by atoms with E-state index in [9.17, 15) is 9.18 Å². The molecule has 15 heavy (non-hydrogen) atoms. The van der Waals surface area contributed by atoms with Crippen LogP contribution < -0.4 is 5.73 Å². The van der Waals surface area contributed by atoms with Gasteiger partial charge in [-0.05, 0) is 11.6 Å². The average Bonchev–Trinajstić information content (AvgIpc) is 2.13. The van der Waals surface area contributed by atoms with Crippen LogP contribution in [0.1, 0.15) is 5.56 Å². The smallest absolute Gasteiger partial charge is 0.320 e. The lowest BCUT2D eigenvalue weighted by molar-refractivity contribution is -0.138. The van der Waals surface area contributed by atoms with Crippen LogP contribution in [0.5, 0.6) is 5.75 Å². The number of phenols is 1. The van der Waals surface area contributed by atoms with Crippen molar-refractivity contribution in [1.29, 1.82) is 0 Å². The molecule has 1 aromatic rings. The van der Waals surface area contributed by atoms with Crippen LogP contribution in [0.15, 0.2) is 12.1 Å². The third-order valence-corrected chi connectivity index (χ3v) is 2.18. The highest BCUT2D eigenvalue weighted by Gasteiger charge is 2.16. The van der Waals surface area contributed by atoms with Crippen LogP contribution in [0.4, 0.5) is 4.39 Å². The van der Waals surface area contributed by atoms with E-state index < -0.39 is 17.8 Å². The highest BCUT2D eigenvalue weighted by atomic mass is 35.5. The topological polar surface area (TPSA) is 83.5 Å². The molecule has 82 valence electrons. The summed E-state index contributed by atoms with van der Waals surface area (Å²) in [5.74, 6) is -2.34. The molecule has 1 atom stereocenters. The van der Waals surface area contributed by atoms with Gasteiger partial charge in [0.1, 0.15) is 17.6 Å². The van der Waals surface area contributed by atoms with Crippen molar-refractivity contribution in [3.8, 4) is 5.75 Å². The van der Waals surface area contributed by atoms with Gasteiger partial charge in [-0.25, -0.2) is 4.39 Å². The zero-order valence-electron chi connectivity index (χ0n) is 7.58. The van der Waals surface area contributed by atoms with Crippen molar-refractivity contribution in [1.82, 2.24) is 0 Å². The van der Waals surface area contributed by atoms with Gasteiger partial charge < -0.3 is 15.9 Å². The van der Waals surface area contributed by atoms with Crippen molar-refractivity contribution in [3.63, 3.8) is 0 Å². The number of aliphatic carboxylic acids is 1. The Hall–Kier alpha value is -1.33. The van der Waals surface area contributed by atoms with E-state index in [1.807, 2.05) is 0 Å². The largest absolute Gasteiger partial charge is 0.506 e. The minimum atomic E-state index is -1.22. The van der Waals surface area contributed by atoms with Crippen LogP contribution in [0.3, 0.4) is 0 Å². The summed E-state index contributed by atoms with van der Waals surface area (Å²) >= 11 is 5.54. The lowest BCUT2D eigenvalue weighted by Crippen LogP contribution is -2.32. The zero-order chi connectivity index (χ0) is 11.6. The molecule has 0 radical (unpaired) electrons. The van der Waals surface area contributed by atoms with Crippen LogP contribution in [0.2, 0.25) is 5.02 Å². The third-order valence-electron chi connectivity index (χ3n) is 1.87.